The van der Waals surface area contributed by atoms with Crippen molar-refractivity contribution in [1.29, 1.82) is 0 Å². The first-order valence-electron chi connectivity index (χ1n) is 9.58. The van der Waals surface area contributed by atoms with Crippen LogP contribution in [0.25, 0.3) is 6.08 Å². The molecule has 0 bridgehead atoms. The van der Waals surface area contributed by atoms with Gasteiger partial charge in [0.15, 0.2) is 16.3 Å². The van der Waals surface area contributed by atoms with Crippen LogP contribution in [0.3, 0.4) is 0 Å². The zero-order valence-electron chi connectivity index (χ0n) is 17.1. The average molecular weight is 426 g/mol. The van der Waals surface area contributed by atoms with Gasteiger partial charge in [0.05, 0.1) is 25.4 Å². The molecular formula is C22H23N3O4S. The van der Waals surface area contributed by atoms with Crippen molar-refractivity contribution in [1.82, 2.24) is 4.57 Å². The fourth-order valence-corrected chi connectivity index (χ4v) is 4.25. The smallest absolute Gasteiger partial charge is 0.271 e. The van der Waals surface area contributed by atoms with E-state index in [1.165, 1.54) is 11.3 Å². The van der Waals surface area contributed by atoms with E-state index in [1.54, 1.807) is 18.8 Å². The summed E-state index contributed by atoms with van der Waals surface area (Å²) in [5.74, 6) is 2.10. The van der Waals surface area contributed by atoms with Crippen LogP contribution < -0.4 is 34.0 Å². The van der Waals surface area contributed by atoms with Gasteiger partial charge in [-0.3, -0.25) is 9.36 Å². The zero-order valence-corrected chi connectivity index (χ0v) is 17.9. The number of nitrogens with zero attached hydrogens (tertiary/aromatic N) is 3. The zero-order chi connectivity index (χ0) is 21.1. The quantitative estimate of drug-likeness (QED) is 0.606. The molecule has 0 fully saturated rings. The standard InChI is InChI=1S/C22H23N3O4S/c1-4-29-17-8-6-16(7-9-17)24-13-23-22-25(14-24)21(26)20(30-22)12-15-5-10-18(27-2)19(11-15)28-3/h5-12H,4,13-14H2,1-3H3/b20-12-. The third kappa shape index (κ3) is 3.91. The second-order valence-corrected chi connectivity index (χ2v) is 7.66. The SMILES string of the molecule is CCOc1ccc(N2CN=c3s/c(=C\c4ccc(OC)c(OC)c4)c(=O)n3C2)cc1. The molecular weight excluding hydrogens is 402 g/mol. The Morgan fingerprint density at radius 1 is 1.10 bits per heavy atom. The summed E-state index contributed by atoms with van der Waals surface area (Å²) in [6, 6.07) is 13.4. The maximum atomic E-state index is 13.0. The summed E-state index contributed by atoms with van der Waals surface area (Å²) < 4.78 is 18.5. The predicted octanol–water partition coefficient (Wildman–Crippen LogP) is 2.21. The van der Waals surface area contributed by atoms with Gasteiger partial charge in [-0.2, -0.15) is 0 Å². The first-order chi connectivity index (χ1) is 14.6. The second kappa shape index (κ2) is 8.62. The number of hydrogen-bond acceptors (Lipinski definition) is 7. The number of fused-ring (bicyclic) bond motifs is 1. The van der Waals surface area contributed by atoms with Crippen LogP contribution in [0.4, 0.5) is 5.69 Å². The number of rotatable bonds is 6. The largest absolute Gasteiger partial charge is 0.494 e. The molecule has 0 unspecified atom stereocenters. The van der Waals surface area contributed by atoms with E-state index in [2.05, 4.69) is 9.89 Å². The van der Waals surface area contributed by atoms with Gasteiger partial charge in [-0.15, -0.1) is 0 Å². The molecule has 0 radical (unpaired) electrons. The molecule has 2 heterocycles. The average Bonchev–Trinajstić information content (AvgIpc) is 3.09. The van der Waals surface area contributed by atoms with Crippen LogP contribution in [0.5, 0.6) is 17.2 Å². The Morgan fingerprint density at radius 3 is 2.57 bits per heavy atom. The van der Waals surface area contributed by atoms with Crippen molar-refractivity contribution in [2.45, 2.75) is 13.6 Å². The lowest BCUT2D eigenvalue weighted by molar-refractivity contribution is 0.340. The van der Waals surface area contributed by atoms with E-state index in [-0.39, 0.29) is 5.56 Å². The maximum Gasteiger partial charge on any atom is 0.271 e. The van der Waals surface area contributed by atoms with Gasteiger partial charge in [0.2, 0.25) is 0 Å². The van der Waals surface area contributed by atoms with E-state index < -0.39 is 0 Å². The number of ether oxygens (including phenoxy) is 3. The first kappa shape index (κ1) is 20.0. The summed E-state index contributed by atoms with van der Waals surface area (Å²) in [7, 11) is 3.19. The van der Waals surface area contributed by atoms with Crippen LogP contribution >= 0.6 is 11.3 Å². The predicted molar refractivity (Wildman–Crippen MR) is 117 cm³/mol. The minimum Gasteiger partial charge on any atom is -0.494 e. The van der Waals surface area contributed by atoms with Crippen LogP contribution in [0.1, 0.15) is 12.5 Å². The third-order valence-electron chi connectivity index (χ3n) is 4.80. The Morgan fingerprint density at radius 2 is 1.87 bits per heavy atom. The number of aromatic nitrogens is 1. The summed E-state index contributed by atoms with van der Waals surface area (Å²) in [5, 5.41) is 0. The molecule has 30 heavy (non-hydrogen) atoms. The maximum absolute atomic E-state index is 13.0. The number of thiazole rings is 1. The highest BCUT2D eigenvalue weighted by Crippen LogP contribution is 2.27. The van der Waals surface area contributed by atoms with E-state index in [1.807, 2.05) is 55.5 Å². The van der Waals surface area contributed by atoms with E-state index in [0.29, 0.717) is 36.0 Å². The molecule has 0 N–H and O–H groups in total. The van der Waals surface area contributed by atoms with E-state index >= 15 is 0 Å². The van der Waals surface area contributed by atoms with Crippen molar-refractivity contribution < 1.29 is 14.2 Å². The van der Waals surface area contributed by atoms with Crippen LogP contribution in [0.15, 0.2) is 52.3 Å². The van der Waals surface area contributed by atoms with Gasteiger partial charge in [-0.25, -0.2) is 4.99 Å². The Kier molecular flexibility index (Phi) is 5.76. The van der Waals surface area contributed by atoms with E-state index in [0.717, 1.165) is 21.8 Å². The van der Waals surface area contributed by atoms with Crippen molar-refractivity contribution in [3.63, 3.8) is 0 Å². The molecule has 0 atom stereocenters. The summed E-state index contributed by atoms with van der Waals surface area (Å²) in [4.78, 5) is 20.4. The van der Waals surface area contributed by atoms with Crippen LogP contribution in [0.2, 0.25) is 0 Å². The highest BCUT2D eigenvalue weighted by atomic mass is 32.1. The monoisotopic (exact) mass is 425 g/mol. The molecule has 0 saturated carbocycles. The van der Waals surface area contributed by atoms with Crippen LogP contribution in [-0.4, -0.2) is 32.1 Å². The number of anilines is 1. The Hall–Kier alpha value is -3.26. The third-order valence-corrected chi connectivity index (χ3v) is 5.84. The molecule has 0 aliphatic carbocycles. The first-order valence-corrected chi connectivity index (χ1v) is 10.4. The number of benzene rings is 2. The van der Waals surface area contributed by atoms with Gasteiger partial charge in [0.1, 0.15) is 19.1 Å². The van der Waals surface area contributed by atoms with Gasteiger partial charge < -0.3 is 19.1 Å². The molecule has 1 aromatic heterocycles. The van der Waals surface area contributed by atoms with Crippen molar-refractivity contribution in [2.24, 2.45) is 4.99 Å². The molecule has 7 nitrogen and oxygen atoms in total. The highest BCUT2D eigenvalue weighted by molar-refractivity contribution is 7.07. The highest BCUT2D eigenvalue weighted by Gasteiger charge is 2.16. The van der Waals surface area contributed by atoms with Gasteiger partial charge in [0.25, 0.3) is 5.56 Å². The van der Waals surface area contributed by atoms with Gasteiger partial charge in [-0.1, -0.05) is 17.4 Å². The molecule has 0 amide bonds. The second-order valence-electron chi connectivity index (χ2n) is 6.65. The van der Waals surface area contributed by atoms with Gasteiger partial charge >= 0.3 is 0 Å². The summed E-state index contributed by atoms with van der Waals surface area (Å²) in [6.45, 7) is 3.55. The Balaban J connectivity index is 1.63. The van der Waals surface area contributed by atoms with Gasteiger partial charge in [-0.05, 0) is 55.0 Å². The minimum absolute atomic E-state index is 0.0517. The molecule has 3 aromatic rings. The molecule has 156 valence electrons. The lowest BCUT2D eigenvalue weighted by Crippen LogP contribution is -2.42. The molecule has 8 heteroatoms. The normalized spacial score (nSPS) is 13.6. The molecule has 1 aliphatic heterocycles. The van der Waals surface area contributed by atoms with Crippen molar-refractivity contribution in [3.05, 3.63) is 67.7 Å². The van der Waals surface area contributed by atoms with Crippen LogP contribution in [-0.2, 0) is 6.67 Å². The Bertz CT molecular complexity index is 1210. The molecule has 0 spiro atoms. The number of hydrogen-bond donors (Lipinski definition) is 0. The van der Waals surface area contributed by atoms with E-state index in [9.17, 15) is 4.79 Å². The molecule has 0 saturated heterocycles. The number of methoxy groups -OCH3 is 2. The van der Waals surface area contributed by atoms with Crippen molar-refractivity contribution >= 4 is 23.1 Å². The summed E-state index contributed by atoms with van der Waals surface area (Å²) in [6.07, 6.45) is 1.86. The van der Waals surface area contributed by atoms with Gasteiger partial charge in [0, 0.05) is 5.69 Å². The summed E-state index contributed by atoms with van der Waals surface area (Å²) >= 11 is 1.40. The topological polar surface area (TPSA) is 65.3 Å². The molecule has 4 rings (SSSR count). The lowest BCUT2D eigenvalue weighted by atomic mass is 10.2. The van der Waals surface area contributed by atoms with Crippen LogP contribution in [0, 0.1) is 0 Å². The summed E-state index contributed by atoms with van der Waals surface area (Å²) in [5.41, 5.74) is 1.81. The Labute approximate surface area is 178 Å². The lowest BCUT2D eigenvalue weighted by Gasteiger charge is -2.25. The van der Waals surface area contributed by atoms with E-state index in [4.69, 9.17) is 14.2 Å². The van der Waals surface area contributed by atoms with Crippen molar-refractivity contribution in [2.75, 3.05) is 32.4 Å². The van der Waals surface area contributed by atoms with Crippen molar-refractivity contribution in [3.8, 4) is 17.2 Å². The fraction of sp³-hybridized carbons (Fsp3) is 0.273. The fourth-order valence-electron chi connectivity index (χ4n) is 3.29. The molecule has 2 aromatic carbocycles. The minimum atomic E-state index is -0.0517. The molecule has 1 aliphatic rings.